The normalized spacial score (nSPS) is 57.8. The second-order valence-electron chi connectivity index (χ2n) is 9.90. The molecule has 1 heteroatoms. The minimum absolute atomic E-state index is 0.363. The highest BCUT2D eigenvalue weighted by molar-refractivity contribution is 5.06. The predicted molar refractivity (Wildman–Crippen MR) is 91.5 cm³/mol. The Hall–Kier alpha value is -0.0400. The third kappa shape index (κ3) is 2.21. The summed E-state index contributed by atoms with van der Waals surface area (Å²) < 4.78 is 0. The Labute approximate surface area is 137 Å². The third-order valence-corrected chi connectivity index (χ3v) is 8.93. The summed E-state index contributed by atoms with van der Waals surface area (Å²) in [4.78, 5) is 0. The van der Waals surface area contributed by atoms with Crippen LogP contribution in [-0.4, -0.2) is 10.7 Å². The first-order valence-corrected chi connectivity index (χ1v) is 10.2. The first-order chi connectivity index (χ1) is 10.4. The van der Waals surface area contributed by atoms with Crippen molar-refractivity contribution in [2.24, 2.45) is 40.9 Å². The van der Waals surface area contributed by atoms with Gasteiger partial charge in [0.1, 0.15) is 0 Å². The standard InChI is InChI=1S/C21H36O/c1-4-15-6-8-19-18-7-5-14-13-20(2,22)11-9-16(14)17(18)10-12-21(15,19)3/h14-19,22H,4-13H2,1-3H3/t14-,15?,16-,17+,18+,19-,20+,21+/m0/s1. The minimum Gasteiger partial charge on any atom is -0.390 e. The van der Waals surface area contributed by atoms with Crippen LogP contribution >= 0.6 is 0 Å². The molecular weight excluding hydrogens is 268 g/mol. The van der Waals surface area contributed by atoms with Gasteiger partial charge in [-0.1, -0.05) is 20.3 Å². The summed E-state index contributed by atoms with van der Waals surface area (Å²) in [5.41, 5.74) is 0.306. The van der Waals surface area contributed by atoms with Gasteiger partial charge in [-0.25, -0.2) is 0 Å². The first kappa shape index (κ1) is 15.5. The van der Waals surface area contributed by atoms with E-state index in [9.17, 15) is 5.11 Å². The molecule has 4 aliphatic carbocycles. The summed E-state index contributed by atoms with van der Waals surface area (Å²) in [6.45, 7) is 7.15. The van der Waals surface area contributed by atoms with Crippen LogP contribution in [0.25, 0.3) is 0 Å². The van der Waals surface area contributed by atoms with Gasteiger partial charge in [-0.05, 0) is 106 Å². The van der Waals surface area contributed by atoms with Crippen LogP contribution in [0.3, 0.4) is 0 Å². The molecule has 4 fully saturated rings. The van der Waals surface area contributed by atoms with E-state index >= 15 is 0 Å². The van der Waals surface area contributed by atoms with E-state index in [-0.39, 0.29) is 5.60 Å². The van der Waals surface area contributed by atoms with Crippen molar-refractivity contribution in [1.29, 1.82) is 0 Å². The number of aliphatic hydroxyl groups is 1. The molecule has 1 nitrogen and oxygen atoms in total. The molecule has 126 valence electrons. The molecule has 0 saturated heterocycles. The Bertz CT molecular complexity index is 428. The Kier molecular flexibility index (Phi) is 3.68. The second kappa shape index (κ2) is 5.23. The van der Waals surface area contributed by atoms with Crippen LogP contribution in [0.5, 0.6) is 0 Å². The summed E-state index contributed by atoms with van der Waals surface area (Å²) >= 11 is 0. The van der Waals surface area contributed by atoms with E-state index in [0.717, 1.165) is 48.3 Å². The molecule has 0 aromatic heterocycles. The quantitative estimate of drug-likeness (QED) is 0.686. The van der Waals surface area contributed by atoms with Gasteiger partial charge in [-0.2, -0.15) is 0 Å². The van der Waals surface area contributed by atoms with Gasteiger partial charge in [0.2, 0.25) is 0 Å². The summed E-state index contributed by atoms with van der Waals surface area (Å²) in [6, 6.07) is 0. The average Bonchev–Trinajstić information content (AvgIpc) is 2.82. The van der Waals surface area contributed by atoms with Crippen LogP contribution in [0.1, 0.15) is 85.0 Å². The largest absolute Gasteiger partial charge is 0.390 e. The van der Waals surface area contributed by atoms with Gasteiger partial charge in [0.25, 0.3) is 0 Å². The van der Waals surface area contributed by atoms with Gasteiger partial charge in [0.15, 0.2) is 0 Å². The smallest absolute Gasteiger partial charge is 0.0622 e. The molecule has 0 aromatic carbocycles. The van der Waals surface area contributed by atoms with E-state index in [1.54, 1.807) is 0 Å². The molecule has 0 aromatic rings. The fourth-order valence-electron chi connectivity index (χ4n) is 7.86. The van der Waals surface area contributed by atoms with Crippen molar-refractivity contribution in [3.05, 3.63) is 0 Å². The number of fused-ring (bicyclic) bond motifs is 5. The summed E-state index contributed by atoms with van der Waals surface area (Å²) in [5, 5.41) is 10.5. The zero-order valence-electron chi connectivity index (χ0n) is 15.0. The van der Waals surface area contributed by atoms with E-state index in [0.29, 0.717) is 5.41 Å². The topological polar surface area (TPSA) is 20.2 Å². The second-order valence-corrected chi connectivity index (χ2v) is 9.90. The van der Waals surface area contributed by atoms with E-state index in [1.165, 1.54) is 51.4 Å². The molecule has 4 saturated carbocycles. The summed E-state index contributed by atoms with van der Waals surface area (Å²) in [7, 11) is 0. The van der Waals surface area contributed by atoms with Crippen LogP contribution < -0.4 is 0 Å². The highest BCUT2D eigenvalue weighted by atomic mass is 16.3. The van der Waals surface area contributed by atoms with E-state index in [1.807, 2.05) is 0 Å². The highest BCUT2D eigenvalue weighted by Gasteiger charge is 2.56. The molecule has 0 heterocycles. The highest BCUT2D eigenvalue weighted by Crippen LogP contribution is 2.65. The molecule has 1 unspecified atom stereocenters. The summed E-state index contributed by atoms with van der Waals surface area (Å²) in [5.74, 6) is 5.84. The fraction of sp³-hybridized carbons (Fsp3) is 1.00. The monoisotopic (exact) mass is 304 g/mol. The van der Waals surface area contributed by atoms with Crippen LogP contribution in [-0.2, 0) is 0 Å². The van der Waals surface area contributed by atoms with Gasteiger partial charge in [0.05, 0.1) is 5.60 Å². The Morgan fingerprint density at radius 2 is 1.64 bits per heavy atom. The van der Waals surface area contributed by atoms with E-state index in [4.69, 9.17) is 0 Å². The van der Waals surface area contributed by atoms with Gasteiger partial charge >= 0.3 is 0 Å². The van der Waals surface area contributed by atoms with Crippen LogP contribution in [0, 0.1) is 40.9 Å². The molecule has 0 amide bonds. The van der Waals surface area contributed by atoms with Gasteiger partial charge < -0.3 is 5.11 Å². The maximum atomic E-state index is 10.5. The number of rotatable bonds is 1. The fourth-order valence-corrected chi connectivity index (χ4v) is 7.86. The SMILES string of the molecule is CCC1CC[C@H]2[C@@H]3CC[C@H]4C[C@](C)(O)CC[C@@H]4[C@H]3CC[C@]12C. The molecule has 4 rings (SSSR count). The van der Waals surface area contributed by atoms with Crippen molar-refractivity contribution in [2.45, 2.75) is 90.6 Å². The number of hydrogen-bond donors (Lipinski definition) is 1. The first-order valence-electron chi connectivity index (χ1n) is 10.2. The van der Waals surface area contributed by atoms with Gasteiger partial charge in [-0.3, -0.25) is 0 Å². The zero-order valence-corrected chi connectivity index (χ0v) is 15.0. The molecule has 0 bridgehead atoms. The lowest BCUT2D eigenvalue weighted by atomic mass is 9.49. The maximum Gasteiger partial charge on any atom is 0.0622 e. The molecule has 0 aliphatic heterocycles. The molecule has 0 spiro atoms. The Morgan fingerprint density at radius 1 is 0.864 bits per heavy atom. The van der Waals surface area contributed by atoms with Gasteiger partial charge in [0, 0.05) is 0 Å². The van der Waals surface area contributed by atoms with Crippen molar-refractivity contribution in [3.8, 4) is 0 Å². The molecule has 1 N–H and O–H groups in total. The minimum atomic E-state index is -0.363. The number of hydrogen-bond acceptors (Lipinski definition) is 1. The lowest BCUT2D eigenvalue weighted by Crippen LogP contribution is -2.50. The summed E-state index contributed by atoms with van der Waals surface area (Å²) in [6.07, 6.45) is 13.7. The predicted octanol–water partition coefficient (Wildman–Crippen LogP) is 5.42. The average molecular weight is 305 g/mol. The van der Waals surface area contributed by atoms with Crippen molar-refractivity contribution < 1.29 is 5.11 Å². The molecule has 8 atom stereocenters. The van der Waals surface area contributed by atoms with Crippen LogP contribution in [0.4, 0.5) is 0 Å². The van der Waals surface area contributed by atoms with Crippen molar-refractivity contribution in [1.82, 2.24) is 0 Å². The molecule has 4 aliphatic rings. The molecule has 0 radical (unpaired) electrons. The lowest BCUT2D eigenvalue weighted by molar-refractivity contribution is -0.0997. The van der Waals surface area contributed by atoms with E-state index in [2.05, 4.69) is 20.8 Å². The van der Waals surface area contributed by atoms with Crippen LogP contribution in [0.2, 0.25) is 0 Å². The van der Waals surface area contributed by atoms with Crippen molar-refractivity contribution in [3.63, 3.8) is 0 Å². The van der Waals surface area contributed by atoms with Crippen molar-refractivity contribution in [2.75, 3.05) is 0 Å². The maximum absolute atomic E-state index is 10.5. The van der Waals surface area contributed by atoms with E-state index < -0.39 is 0 Å². The van der Waals surface area contributed by atoms with Crippen LogP contribution in [0.15, 0.2) is 0 Å². The van der Waals surface area contributed by atoms with Gasteiger partial charge in [-0.15, -0.1) is 0 Å². The molecule has 22 heavy (non-hydrogen) atoms. The van der Waals surface area contributed by atoms with Crippen molar-refractivity contribution >= 4 is 0 Å². The zero-order chi connectivity index (χ0) is 15.5. The third-order valence-electron chi connectivity index (χ3n) is 8.93. The Morgan fingerprint density at radius 3 is 2.41 bits per heavy atom. The molecular formula is C21H36O. The Balaban J connectivity index is 1.54. The lowest BCUT2D eigenvalue weighted by Gasteiger charge is -2.57.